The molecule has 1 atom stereocenters. The summed E-state index contributed by atoms with van der Waals surface area (Å²) in [6.45, 7) is 3.62. The van der Waals surface area contributed by atoms with Crippen LogP contribution in [0, 0.1) is 13.8 Å². The average molecular weight is 449 g/mol. The lowest BCUT2D eigenvalue weighted by atomic mass is 9.95. The quantitative estimate of drug-likeness (QED) is 0.345. The van der Waals surface area contributed by atoms with Gasteiger partial charge in [-0.2, -0.15) is 0 Å². The van der Waals surface area contributed by atoms with E-state index in [1.54, 1.807) is 75.0 Å². The second kappa shape index (κ2) is 8.48. The first-order valence-electron chi connectivity index (χ1n) is 9.96. The maximum Gasteiger partial charge on any atom is 0.300 e. The molecule has 1 aliphatic heterocycles. The molecule has 0 saturated carbocycles. The maximum absolute atomic E-state index is 13.2. The number of aliphatic hydroxyl groups excluding tert-OH is 1. The van der Waals surface area contributed by atoms with Gasteiger partial charge in [0.2, 0.25) is 0 Å². The number of methoxy groups -OCH3 is 1. The Bertz CT molecular complexity index is 1250. The summed E-state index contributed by atoms with van der Waals surface area (Å²) < 4.78 is 5.29. The van der Waals surface area contributed by atoms with Crippen LogP contribution in [0.4, 0.5) is 5.69 Å². The van der Waals surface area contributed by atoms with E-state index in [0.717, 1.165) is 5.56 Å². The largest absolute Gasteiger partial charge is 0.507 e. The van der Waals surface area contributed by atoms with Gasteiger partial charge in [-0.3, -0.25) is 19.5 Å². The van der Waals surface area contributed by atoms with Gasteiger partial charge in [0.1, 0.15) is 11.5 Å². The molecule has 1 fully saturated rings. The van der Waals surface area contributed by atoms with Crippen LogP contribution in [-0.4, -0.2) is 28.9 Å². The standard InChI is InChI=1S/C25H21ClN2O4/c1-14-12-16(9-10-20(14)32-3)23(29)21-22(17-6-5-11-27-13-17)28(25(31)24(21)30)19-8-4-7-18(26)15(19)2/h4-13,22,29H,1-3H3/b23-21+. The molecular formula is C25H21ClN2O4. The molecular weight excluding hydrogens is 428 g/mol. The van der Waals surface area contributed by atoms with E-state index in [4.69, 9.17) is 16.3 Å². The summed E-state index contributed by atoms with van der Waals surface area (Å²) in [5.41, 5.74) is 2.95. The first-order chi connectivity index (χ1) is 15.3. The number of benzene rings is 2. The van der Waals surface area contributed by atoms with Gasteiger partial charge in [0.05, 0.1) is 18.7 Å². The molecule has 2 aromatic carbocycles. The van der Waals surface area contributed by atoms with E-state index in [1.807, 2.05) is 6.92 Å². The zero-order valence-corrected chi connectivity index (χ0v) is 18.6. The number of nitrogens with zero attached hydrogens (tertiary/aromatic N) is 2. The summed E-state index contributed by atoms with van der Waals surface area (Å²) in [5.74, 6) is -1.12. The van der Waals surface area contributed by atoms with Crippen LogP contribution in [0.3, 0.4) is 0 Å². The predicted molar refractivity (Wildman–Crippen MR) is 123 cm³/mol. The van der Waals surface area contributed by atoms with E-state index >= 15 is 0 Å². The Balaban J connectivity index is 1.96. The number of Topliss-reactive ketones (excluding diaryl/α,β-unsaturated/α-hetero) is 1. The smallest absolute Gasteiger partial charge is 0.300 e. The van der Waals surface area contributed by atoms with Crippen LogP contribution in [-0.2, 0) is 9.59 Å². The van der Waals surface area contributed by atoms with Crippen LogP contribution in [0.2, 0.25) is 5.02 Å². The zero-order chi connectivity index (χ0) is 23.0. The summed E-state index contributed by atoms with van der Waals surface area (Å²) in [6.07, 6.45) is 3.18. The lowest BCUT2D eigenvalue weighted by Gasteiger charge is -2.26. The Kier molecular flexibility index (Phi) is 5.72. The number of carbonyl (C=O) groups is 2. The summed E-state index contributed by atoms with van der Waals surface area (Å²) in [6, 6.07) is 12.9. The highest BCUT2D eigenvalue weighted by atomic mass is 35.5. The van der Waals surface area contributed by atoms with Crippen molar-refractivity contribution in [3.8, 4) is 5.75 Å². The number of rotatable bonds is 4. The van der Waals surface area contributed by atoms with E-state index in [1.165, 1.54) is 4.90 Å². The fourth-order valence-corrected chi connectivity index (χ4v) is 4.14. The number of aliphatic hydroxyl groups is 1. The molecule has 1 saturated heterocycles. The minimum absolute atomic E-state index is 0.00746. The molecule has 0 aliphatic carbocycles. The predicted octanol–water partition coefficient (Wildman–Crippen LogP) is 4.99. The van der Waals surface area contributed by atoms with Crippen LogP contribution in [0.15, 0.2) is 66.5 Å². The minimum atomic E-state index is -0.858. The average Bonchev–Trinajstić information content (AvgIpc) is 3.06. The molecule has 1 unspecified atom stereocenters. The number of halogens is 1. The second-order valence-corrected chi connectivity index (χ2v) is 7.93. The summed E-state index contributed by atoms with van der Waals surface area (Å²) in [4.78, 5) is 32.0. The summed E-state index contributed by atoms with van der Waals surface area (Å²) in [7, 11) is 1.56. The summed E-state index contributed by atoms with van der Waals surface area (Å²) >= 11 is 6.30. The van der Waals surface area contributed by atoms with Crippen molar-refractivity contribution in [3.63, 3.8) is 0 Å². The van der Waals surface area contributed by atoms with E-state index < -0.39 is 17.7 Å². The Morgan fingerprint density at radius 2 is 1.91 bits per heavy atom. The molecule has 0 spiro atoms. The third-order valence-electron chi connectivity index (χ3n) is 5.61. The van der Waals surface area contributed by atoms with Gasteiger partial charge < -0.3 is 9.84 Å². The zero-order valence-electron chi connectivity index (χ0n) is 17.8. The molecule has 0 radical (unpaired) electrons. The summed E-state index contributed by atoms with van der Waals surface area (Å²) in [5, 5.41) is 11.7. The van der Waals surface area contributed by atoms with E-state index in [9.17, 15) is 14.7 Å². The van der Waals surface area contributed by atoms with Crippen molar-refractivity contribution in [1.29, 1.82) is 0 Å². The molecule has 4 rings (SSSR count). The number of aryl methyl sites for hydroxylation is 1. The molecule has 1 aromatic heterocycles. The topological polar surface area (TPSA) is 79.7 Å². The van der Waals surface area contributed by atoms with Gasteiger partial charge in [-0.25, -0.2) is 0 Å². The number of ketones is 1. The van der Waals surface area contributed by atoms with Gasteiger partial charge in [-0.05, 0) is 66.9 Å². The van der Waals surface area contributed by atoms with Gasteiger partial charge >= 0.3 is 0 Å². The Morgan fingerprint density at radius 1 is 1.12 bits per heavy atom. The fourth-order valence-electron chi connectivity index (χ4n) is 3.97. The van der Waals surface area contributed by atoms with Crippen molar-refractivity contribution in [3.05, 3.63) is 93.8 Å². The van der Waals surface area contributed by atoms with Crippen LogP contribution >= 0.6 is 11.6 Å². The van der Waals surface area contributed by atoms with E-state index in [2.05, 4.69) is 4.98 Å². The number of hydrogen-bond donors (Lipinski definition) is 1. The molecule has 7 heteroatoms. The molecule has 1 amide bonds. The van der Waals surface area contributed by atoms with Crippen LogP contribution in [0.1, 0.15) is 28.3 Å². The molecule has 32 heavy (non-hydrogen) atoms. The number of ether oxygens (including phenoxy) is 1. The monoisotopic (exact) mass is 448 g/mol. The molecule has 6 nitrogen and oxygen atoms in total. The van der Waals surface area contributed by atoms with Crippen molar-refractivity contribution >= 4 is 34.7 Å². The van der Waals surface area contributed by atoms with Gasteiger partial charge in [-0.15, -0.1) is 0 Å². The Morgan fingerprint density at radius 3 is 2.56 bits per heavy atom. The SMILES string of the molecule is COc1ccc(/C(O)=C2\C(=O)C(=O)N(c3cccc(Cl)c3C)C2c2cccnc2)cc1C. The molecule has 1 N–H and O–H groups in total. The molecule has 0 bridgehead atoms. The fraction of sp³-hybridized carbons (Fsp3) is 0.160. The first-order valence-corrected chi connectivity index (χ1v) is 10.3. The second-order valence-electron chi connectivity index (χ2n) is 7.52. The number of carbonyl (C=O) groups excluding carboxylic acids is 2. The van der Waals surface area contributed by atoms with Crippen molar-refractivity contribution < 1.29 is 19.4 Å². The number of hydrogen-bond acceptors (Lipinski definition) is 5. The lowest BCUT2D eigenvalue weighted by molar-refractivity contribution is -0.132. The van der Waals surface area contributed by atoms with Crippen LogP contribution in [0.25, 0.3) is 5.76 Å². The van der Waals surface area contributed by atoms with Gasteiger partial charge in [-0.1, -0.05) is 23.7 Å². The highest BCUT2D eigenvalue weighted by Gasteiger charge is 2.47. The van der Waals surface area contributed by atoms with Crippen molar-refractivity contribution in [2.24, 2.45) is 0 Å². The highest BCUT2D eigenvalue weighted by molar-refractivity contribution is 6.52. The minimum Gasteiger partial charge on any atom is -0.507 e. The van der Waals surface area contributed by atoms with Gasteiger partial charge in [0, 0.05) is 28.7 Å². The van der Waals surface area contributed by atoms with Gasteiger partial charge in [0.15, 0.2) is 0 Å². The number of aromatic nitrogens is 1. The molecule has 1 aliphatic rings. The maximum atomic E-state index is 13.2. The van der Waals surface area contributed by atoms with Crippen LogP contribution in [0.5, 0.6) is 5.75 Å². The van der Waals surface area contributed by atoms with Crippen molar-refractivity contribution in [2.75, 3.05) is 12.0 Å². The van der Waals surface area contributed by atoms with Crippen LogP contribution < -0.4 is 9.64 Å². The Hall–Kier alpha value is -3.64. The third-order valence-corrected chi connectivity index (χ3v) is 6.02. The normalized spacial score (nSPS) is 17.6. The van der Waals surface area contributed by atoms with E-state index in [0.29, 0.717) is 33.1 Å². The number of anilines is 1. The Labute approximate surface area is 190 Å². The highest BCUT2D eigenvalue weighted by Crippen LogP contribution is 2.44. The van der Waals surface area contributed by atoms with E-state index in [-0.39, 0.29) is 11.3 Å². The lowest BCUT2D eigenvalue weighted by Crippen LogP contribution is -2.30. The first kappa shape index (κ1) is 21.6. The van der Waals surface area contributed by atoms with Crippen molar-refractivity contribution in [2.45, 2.75) is 19.9 Å². The molecule has 162 valence electrons. The molecule has 2 heterocycles. The molecule has 3 aromatic rings. The third kappa shape index (κ3) is 3.52. The number of amides is 1. The van der Waals surface area contributed by atoms with Crippen molar-refractivity contribution in [1.82, 2.24) is 4.98 Å². The number of pyridine rings is 1. The van der Waals surface area contributed by atoms with Gasteiger partial charge in [0.25, 0.3) is 11.7 Å².